The first kappa shape index (κ1) is 16.3. The molecule has 0 aliphatic rings. The van der Waals surface area contributed by atoms with E-state index in [1.54, 1.807) is 6.07 Å². The minimum atomic E-state index is -1.35. The van der Waals surface area contributed by atoms with Gasteiger partial charge in [0.2, 0.25) is 0 Å². The maximum Gasteiger partial charge on any atom is 0.341 e. The highest BCUT2D eigenvalue weighted by Crippen LogP contribution is 2.17. The van der Waals surface area contributed by atoms with Crippen LogP contribution in [0.15, 0.2) is 41.3 Å². The number of carboxylic acids is 1. The third kappa shape index (κ3) is 3.76. The van der Waals surface area contributed by atoms with Crippen molar-refractivity contribution in [3.05, 3.63) is 63.6 Å². The van der Waals surface area contributed by atoms with E-state index in [-0.39, 0.29) is 0 Å². The van der Waals surface area contributed by atoms with E-state index >= 15 is 0 Å². The average molecular weight is 316 g/mol. The smallest absolute Gasteiger partial charge is 0.341 e. The summed E-state index contributed by atoms with van der Waals surface area (Å²) in [7, 11) is 0. The van der Waals surface area contributed by atoms with Crippen LogP contribution in [0.3, 0.4) is 0 Å². The predicted molar refractivity (Wildman–Crippen MR) is 83.7 cm³/mol. The van der Waals surface area contributed by atoms with Gasteiger partial charge in [-0.2, -0.15) is 4.73 Å². The van der Waals surface area contributed by atoms with E-state index in [1.165, 1.54) is 18.3 Å². The summed E-state index contributed by atoms with van der Waals surface area (Å²) in [6.07, 6.45) is 1.25. The van der Waals surface area contributed by atoms with Gasteiger partial charge in [-0.25, -0.2) is 4.79 Å². The Morgan fingerprint density at radius 3 is 2.65 bits per heavy atom. The Morgan fingerprint density at radius 2 is 1.96 bits per heavy atom. The third-order valence-electron chi connectivity index (χ3n) is 3.36. The molecule has 1 amide bonds. The van der Waals surface area contributed by atoms with Crippen LogP contribution in [0, 0.1) is 13.8 Å². The van der Waals surface area contributed by atoms with Gasteiger partial charge in [-0.15, -0.1) is 0 Å². The Labute approximate surface area is 132 Å². The molecule has 0 unspecified atom stereocenters. The Morgan fingerprint density at radius 1 is 1.22 bits per heavy atom. The normalized spacial score (nSPS) is 10.2. The molecule has 2 N–H and O–H groups in total. The molecule has 7 nitrogen and oxygen atoms in total. The van der Waals surface area contributed by atoms with Gasteiger partial charge < -0.3 is 15.3 Å². The number of benzene rings is 1. The molecule has 0 radical (unpaired) electrons. The van der Waals surface area contributed by atoms with Gasteiger partial charge in [0.1, 0.15) is 5.56 Å². The first-order valence-electron chi connectivity index (χ1n) is 6.84. The zero-order valence-electron chi connectivity index (χ0n) is 12.7. The Bertz CT molecular complexity index is 810. The van der Waals surface area contributed by atoms with Crippen LogP contribution in [0.5, 0.6) is 0 Å². The van der Waals surface area contributed by atoms with Crippen molar-refractivity contribution >= 4 is 17.6 Å². The molecular weight excluding hydrogens is 300 g/mol. The lowest BCUT2D eigenvalue weighted by Crippen LogP contribution is -2.34. The molecule has 1 aromatic carbocycles. The molecule has 1 aromatic heterocycles. The van der Waals surface area contributed by atoms with E-state index in [2.05, 4.69) is 5.32 Å². The van der Waals surface area contributed by atoms with Crippen LogP contribution >= 0.6 is 0 Å². The number of nitrogens with one attached hydrogen (secondary N) is 1. The number of aryl methyl sites for hydroxylation is 1. The number of amides is 1. The van der Waals surface area contributed by atoms with E-state index < -0.39 is 29.6 Å². The molecule has 23 heavy (non-hydrogen) atoms. The molecule has 0 aliphatic carbocycles. The highest BCUT2D eigenvalue weighted by Gasteiger charge is 2.12. The molecule has 0 fully saturated rings. The lowest BCUT2D eigenvalue weighted by atomic mass is 10.1. The quantitative estimate of drug-likeness (QED) is 0.864. The lowest BCUT2D eigenvalue weighted by Gasteiger charge is -2.11. The van der Waals surface area contributed by atoms with Crippen molar-refractivity contribution in [1.29, 1.82) is 0 Å². The minimum Gasteiger partial charge on any atom is -0.477 e. The van der Waals surface area contributed by atoms with E-state index in [0.29, 0.717) is 5.69 Å². The van der Waals surface area contributed by atoms with Crippen molar-refractivity contribution < 1.29 is 19.5 Å². The third-order valence-corrected chi connectivity index (χ3v) is 3.36. The summed E-state index contributed by atoms with van der Waals surface area (Å²) in [4.78, 5) is 39.7. The number of carbonyl (C=O) groups is 2. The summed E-state index contributed by atoms with van der Waals surface area (Å²) in [5.74, 6) is -1.81. The summed E-state index contributed by atoms with van der Waals surface area (Å²) >= 11 is 0. The van der Waals surface area contributed by atoms with Gasteiger partial charge in [0.05, 0.1) is 0 Å². The molecule has 1 heterocycles. The summed E-state index contributed by atoms with van der Waals surface area (Å²) in [5, 5.41) is 11.6. The van der Waals surface area contributed by atoms with Gasteiger partial charge in [-0.05, 0) is 43.2 Å². The molecule has 0 bridgehead atoms. The molecule has 7 heteroatoms. The Balaban J connectivity index is 2.05. The zero-order chi connectivity index (χ0) is 17.0. The number of aromatic carboxylic acids is 1. The van der Waals surface area contributed by atoms with Gasteiger partial charge >= 0.3 is 5.97 Å². The molecule has 2 aromatic rings. The number of nitrogens with zero attached hydrogens (tertiary/aromatic N) is 1. The molecular formula is C16H16N2O5. The van der Waals surface area contributed by atoms with Crippen LogP contribution in [0.25, 0.3) is 0 Å². The SMILES string of the molecule is Cc1cccc(NC(=O)COn2cccc(C(=O)O)c2=O)c1C. The molecule has 0 aliphatic heterocycles. The van der Waals surface area contributed by atoms with Gasteiger partial charge in [0.15, 0.2) is 6.61 Å². The molecule has 0 saturated heterocycles. The van der Waals surface area contributed by atoms with Gasteiger partial charge in [0, 0.05) is 11.9 Å². The fourth-order valence-corrected chi connectivity index (χ4v) is 1.94. The van der Waals surface area contributed by atoms with Gasteiger partial charge in [0.25, 0.3) is 11.5 Å². The van der Waals surface area contributed by atoms with Crippen molar-refractivity contribution in [3.8, 4) is 0 Å². The number of rotatable bonds is 5. The summed E-state index contributed by atoms with van der Waals surface area (Å²) < 4.78 is 0.728. The standard InChI is InChI=1S/C16H16N2O5/c1-10-5-3-7-13(11(10)2)17-14(19)9-23-18-8-4-6-12(15(18)20)16(21)22/h3-8H,9H2,1-2H3,(H,17,19)(H,21,22). The number of pyridine rings is 1. The number of anilines is 1. The first-order valence-corrected chi connectivity index (χ1v) is 6.84. The van der Waals surface area contributed by atoms with E-state index in [1.807, 2.05) is 26.0 Å². The second kappa shape index (κ2) is 6.78. The largest absolute Gasteiger partial charge is 0.477 e. The van der Waals surface area contributed by atoms with Crippen molar-refractivity contribution in [3.63, 3.8) is 0 Å². The fraction of sp³-hybridized carbons (Fsp3) is 0.188. The topological polar surface area (TPSA) is 97.6 Å². The molecule has 2 rings (SSSR count). The number of carbonyl (C=O) groups excluding carboxylic acids is 1. The monoisotopic (exact) mass is 316 g/mol. The maximum absolute atomic E-state index is 11.9. The summed E-state index contributed by atoms with van der Waals surface area (Å²) in [6.45, 7) is 3.39. The summed E-state index contributed by atoms with van der Waals surface area (Å²) in [6, 6.07) is 8.03. The fourth-order valence-electron chi connectivity index (χ4n) is 1.94. The molecule has 0 spiro atoms. The van der Waals surface area contributed by atoms with Gasteiger partial charge in [-0.1, -0.05) is 12.1 Å². The van der Waals surface area contributed by atoms with Crippen LogP contribution in [0.1, 0.15) is 21.5 Å². The number of hydrogen-bond acceptors (Lipinski definition) is 4. The Hall–Kier alpha value is -3.09. The lowest BCUT2D eigenvalue weighted by molar-refractivity contribution is -0.120. The van der Waals surface area contributed by atoms with Crippen molar-refractivity contribution in [2.75, 3.05) is 11.9 Å². The maximum atomic E-state index is 11.9. The first-order chi connectivity index (χ1) is 10.9. The Kier molecular flexibility index (Phi) is 4.80. The average Bonchev–Trinajstić information content (AvgIpc) is 2.50. The molecule has 0 saturated carbocycles. The van der Waals surface area contributed by atoms with Crippen LogP contribution in [0.4, 0.5) is 5.69 Å². The number of hydrogen-bond donors (Lipinski definition) is 2. The molecule has 0 atom stereocenters. The zero-order valence-corrected chi connectivity index (χ0v) is 12.7. The van der Waals surface area contributed by atoms with Crippen LogP contribution in [-0.2, 0) is 4.79 Å². The highest BCUT2D eigenvalue weighted by molar-refractivity contribution is 5.92. The number of carboxylic acid groups (broad SMARTS) is 1. The predicted octanol–water partition coefficient (Wildman–Crippen LogP) is 1.23. The van der Waals surface area contributed by atoms with Crippen molar-refractivity contribution in [2.45, 2.75) is 13.8 Å². The van der Waals surface area contributed by atoms with E-state index in [9.17, 15) is 14.4 Å². The second-order valence-electron chi connectivity index (χ2n) is 4.93. The van der Waals surface area contributed by atoms with E-state index in [4.69, 9.17) is 9.94 Å². The van der Waals surface area contributed by atoms with Crippen LogP contribution in [0.2, 0.25) is 0 Å². The van der Waals surface area contributed by atoms with Crippen molar-refractivity contribution in [2.24, 2.45) is 0 Å². The van der Waals surface area contributed by atoms with Gasteiger partial charge in [-0.3, -0.25) is 9.59 Å². The van der Waals surface area contributed by atoms with Crippen molar-refractivity contribution in [1.82, 2.24) is 4.73 Å². The second-order valence-corrected chi connectivity index (χ2v) is 4.93. The summed E-state index contributed by atoms with van der Waals surface area (Å²) in [5.41, 5.74) is 1.37. The van der Waals surface area contributed by atoms with Crippen LogP contribution < -0.4 is 15.7 Å². The molecule has 120 valence electrons. The van der Waals surface area contributed by atoms with Crippen LogP contribution in [-0.4, -0.2) is 28.3 Å². The minimum absolute atomic E-state index is 0.420. The highest BCUT2D eigenvalue weighted by atomic mass is 16.7. The number of aromatic nitrogens is 1. The van der Waals surface area contributed by atoms with E-state index in [0.717, 1.165) is 15.9 Å².